The Bertz CT molecular complexity index is 362. The van der Waals surface area contributed by atoms with Gasteiger partial charge in [-0.3, -0.25) is 0 Å². The first-order valence-corrected chi connectivity index (χ1v) is 6.86. The Morgan fingerprint density at radius 2 is 1.53 bits per heavy atom. The first-order valence-electron chi connectivity index (χ1n) is 6.42. The number of hydrogen-bond acceptors (Lipinski definition) is 0. The normalized spacial score (nSPS) is 13.8. The highest BCUT2D eigenvalue weighted by atomic mass is 35.5. The zero-order valence-corrected chi connectivity index (χ0v) is 12.8. The van der Waals surface area contributed by atoms with Crippen molar-refractivity contribution in [2.24, 2.45) is 5.41 Å². The molecule has 17 heavy (non-hydrogen) atoms. The third-order valence-corrected chi connectivity index (χ3v) is 4.30. The van der Waals surface area contributed by atoms with E-state index in [0.717, 1.165) is 12.8 Å². The minimum atomic E-state index is 0.189. The van der Waals surface area contributed by atoms with Gasteiger partial charge in [-0.05, 0) is 55.7 Å². The third-order valence-electron chi connectivity index (χ3n) is 3.43. The van der Waals surface area contributed by atoms with Crippen LogP contribution in [0.15, 0.2) is 12.1 Å². The molecule has 0 nitrogen and oxygen atoms in total. The topological polar surface area (TPSA) is 0 Å². The minimum Gasteiger partial charge on any atom is -0.122 e. The van der Waals surface area contributed by atoms with Gasteiger partial charge in [0.1, 0.15) is 0 Å². The quantitative estimate of drug-likeness (QED) is 0.649. The minimum absolute atomic E-state index is 0.189. The van der Waals surface area contributed by atoms with E-state index in [1.165, 1.54) is 22.3 Å². The molecular weight excluding hydrogens is 228 g/mol. The van der Waals surface area contributed by atoms with E-state index >= 15 is 0 Å². The molecule has 0 saturated heterocycles. The van der Waals surface area contributed by atoms with Crippen molar-refractivity contribution in [2.45, 2.75) is 59.8 Å². The van der Waals surface area contributed by atoms with E-state index in [0.29, 0.717) is 0 Å². The van der Waals surface area contributed by atoms with Gasteiger partial charge in [-0.15, -0.1) is 11.6 Å². The number of hydrogen-bond donors (Lipinski definition) is 0. The highest BCUT2D eigenvalue weighted by Crippen LogP contribution is 2.29. The second-order valence-electron chi connectivity index (χ2n) is 6.25. The molecule has 1 atom stereocenters. The number of benzene rings is 1. The molecule has 1 aromatic carbocycles. The summed E-state index contributed by atoms with van der Waals surface area (Å²) in [5.74, 6) is 0. The Balaban J connectivity index is 2.77. The average Bonchev–Trinajstić information content (AvgIpc) is 2.13. The highest BCUT2D eigenvalue weighted by molar-refractivity contribution is 6.21. The summed E-state index contributed by atoms with van der Waals surface area (Å²) in [6, 6.07) is 4.53. The van der Waals surface area contributed by atoms with Gasteiger partial charge >= 0.3 is 0 Å². The Labute approximate surface area is 111 Å². The van der Waals surface area contributed by atoms with Crippen LogP contribution in [-0.2, 0) is 6.42 Å². The van der Waals surface area contributed by atoms with Crippen molar-refractivity contribution >= 4 is 11.6 Å². The predicted octanol–water partition coefficient (Wildman–Crippen LogP) is 5.20. The molecule has 1 heteroatoms. The second-order valence-corrected chi connectivity index (χ2v) is 6.78. The highest BCUT2D eigenvalue weighted by Gasteiger charge is 2.22. The van der Waals surface area contributed by atoms with Crippen molar-refractivity contribution in [3.8, 4) is 0 Å². The van der Waals surface area contributed by atoms with Crippen LogP contribution >= 0.6 is 11.6 Å². The van der Waals surface area contributed by atoms with Crippen LogP contribution in [0.1, 0.15) is 49.4 Å². The van der Waals surface area contributed by atoms with E-state index in [1.54, 1.807) is 0 Å². The molecule has 0 amide bonds. The van der Waals surface area contributed by atoms with Crippen LogP contribution in [0, 0.1) is 26.2 Å². The fourth-order valence-electron chi connectivity index (χ4n) is 2.31. The van der Waals surface area contributed by atoms with Gasteiger partial charge in [0.25, 0.3) is 0 Å². The van der Waals surface area contributed by atoms with Crippen molar-refractivity contribution in [1.29, 1.82) is 0 Å². The van der Waals surface area contributed by atoms with Gasteiger partial charge in [-0.1, -0.05) is 38.5 Å². The summed E-state index contributed by atoms with van der Waals surface area (Å²) in [5.41, 5.74) is 5.82. The van der Waals surface area contributed by atoms with Crippen LogP contribution in [0.25, 0.3) is 0 Å². The summed E-state index contributed by atoms with van der Waals surface area (Å²) in [6.07, 6.45) is 2.14. The van der Waals surface area contributed by atoms with Crippen LogP contribution in [-0.4, -0.2) is 5.38 Å². The molecule has 0 bridgehead atoms. The van der Waals surface area contributed by atoms with Crippen LogP contribution in [0.3, 0.4) is 0 Å². The molecule has 1 unspecified atom stereocenters. The first kappa shape index (κ1) is 14.6. The maximum atomic E-state index is 6.44. The molecule has 1 aromatic rings. The van der Waals surface area contributed by atoms with Gasteiger partial charge < -0.3 is 0 Å². The fourth-order valence-corrected chi connectivity index (χ4v) is 2.42. The van der Waals surface area contributed by atoms with E-state index < -0.39 is 0 Å². The molecular formula is C16H25Cl. The number of alkyl halides is 1. The summed E-state index contributed by atoms with van der Waals surface area (Å²) in [7, 11) is 0. The molecule has 0 saturated carbocycles. The van der Waals surface area contributed by atoms with Crippen LogP contribution in [0.2, 0.25) is 0 Å². The third kappa shape index (κ3) is 4.03. The second kappa shape index (κ2) is 5.44. The smallest absolute Gasteiger partial charge is 0.0387 e. The van der Waals surface area contributed by atoms with E-state index in [-0.39, 0.29) is 10.8 Å². The van der Waals surface area contributed by atoms with E-state index in [9.17, 15) is 0 Å². The summed E-state index contributed by atoms with van der Waals surface area (Å²) in [4.78, 5) is 0. The fraction of sp³-hybridized carbons (Fsp3) is 0.625. The predicted molar refractivity (Wildman–Crippen MR) is 78.1 cm³/mol. The lowest BCUT2D eigenvalue weighted by molar-refractivity contribution is 0.374. The van der Waals surface area contributed by atoms with Gasteiger partial charge in [-0.25, -0.2) is 0 Å². The van der Waals surface area contributed by atoms with Gasteiger partial charge in [0.2, 0.25) is 0 Å². The van der Waals surface area contributed by atoms with Crippen molar-refractivity contribution in [2.75, 3.05) is 0 Å². The molecule has 0 radical (unpaired) electrons. The van der Waals surface area contributed by atoms with Gasteiger partial charge in [0, 0.05) is 5.38 Å². The van der Waals surface area contributed by atoms with Crippen molar-refractivity contribution < 1.29 is 0 Å². The van der Waals surface area contributed by atoms with Crippen LogP contribution in [0.5, 0.6) is 0 Å². The molecule has 96 valence electrons. The van der Waals surface area contributed by atoms with Gasteiger partial charge in [0.15, 0.2) is 0 Å². The summed E-state index contributed by atoms with van der Waals surface area (Å²) < 4.78 is 0. The molecule has 0 spiro atoms. The SMILES string of the molecule is Cc1cc(C)c(CCC(Cl)C(C)(C)C)c(C)c1. The lowest BCUT2D eigenvalue weighted by Gasteiger charge is -2.25. The molecule has 0 aliphatic rings. The molecule has 0 aliphatic heterocycles. The molecule has 0 heterocycles. The van der Waals surface area contributed by atoms with Crippen molar-refractivity contribution in [1.82, 2.24) is 0 Å². The standard InChI is InChI=1S/C16H25Cl/c1-11-9-12(2)14(13(3)10-11)7-8-15(17)16(4,5)6/h9-10,15H,7-8H2,1-6H3. The Morgan fingerprint density at radius 3 is 1.94 bits per heavy atom. The van der Waals surface area contributed by atoms with Gasteiger partial charge in [-0.2, -0.15) is 0 Å². The molecule has 0 fully saturated rings. The number of rotatable bonds is 3. The van der Waals surface area contributed by atoms with Crippen molar-refractivity contribution in [3.63, 3.8) is 0 Å². The summed E-state index contributed by atoms with van der Waals surface area (Å²) >= 11 is 6.44. The lowest BCUT2D eigenvalue weighted by atomic mass is 9.87. The Hall–Kier alpha value is -0.490. The lowest BCUT2D eigenvalue weighted by Crippen LogP contribution is -2.21. The van der Waals surface area contributed by atoms with E-state index in [1.807, 2.05) is 0 Å². The Kier molecular flexibility index (Phi) is 4.66. The average molecular weight is 253 g/mol. The zero-order chi connectivity index (χ0) is 13.2. The summed E-state index contributed by atoms with van der Waals surface area (Å²) in [5, 5.41) is 0.239. The maximum Gasteiger partial charge on any atom is 0.0387 e. The largest absolute Gasteiger partial charge is 0.122 e. The van der Waals surface area contributed by atoms with Crippen LogP contribution < -0.4 is 0 Å². The molecule has 0 aliphatic carbocycles. The maximum absolute atomic E-state index is 6.44. The number of halogens is 1. The van der Waals surface area contributed by atoms with Crippen molar-refractivity contribution in [3.05, 3.63) is 34.4 Å². The van der Waals surface area contributed by atoms with E-state index in [4.69, 9.17) is 11.6 Å². The molecule has 1 rings (SSSR count). The molecule has 0 N–H and O–H groups in total. The molecule has 0 aromatic heterocycles. The van der Waals surface area contributed by atoms with E-state index in [2.05, 4.69) is 53.7 Å². The Morgan fingerprint density at radius 1 is 1.06 bits per heavy atom. The number of aryl methyl sites for hydroxylation is 3. The zero-order valence-electron chi connectivity index (χ0n) is 12.0. The van der Waals surface area contributed by atoms with Crippen LogP contribution in [0.4, 0.5) is 0 Å². The first-order chi connectivity index (χ1) is 7.71. The summed E-state index contributed by atoms with van der Waals surface area (Å²) in [6.45, 7) is 13.2. The monoisotopic (exact) mass is 252 g/mol. The van der Waals surface area contributed by atoms with Gasteiger partial charge in [0.05, 0.1) is 0 Å².